The maximum Gasteiger partial charge on any atom is 0.142 e. The zero-order chi connectivity index (χ0) is 12.1. The summed E-state index contributed by atoms with van der Waals surface area (Å²) in [6.07, 6.45) is 6.00. The molecule has 0 amide bonds. The summed E-state index contributed by atoms with van der Waals surface area (Å²) in [5, 5.41) is 3.60. The van der Waals surface area contributed by atoms with E-state index in [4.69, 9.17) is 0 Å². The zero-order valence-corrected chi connectivity index (χ0v) is 10.8. The van der Waals surface area contributed by atoms with Gasteiger partial charge in [0.15, 0.2) is 0 Å². The Kier molecular flexibility index (Phi) is 4.45. The maximum absolute atomic E-state index is 4.32. The van der Waals surface area contributed by atoms with Gasteiger partial charge in [-0.25, -0.2) is 9.97 Å². The van der Waals surface area contributed by atoms with Crippen LogP contribution in [0.4, 0.5) is 0 Å². The van der Waals surface area contributed by atoms with Crippen LogP contribution in [-0.4, -0.2) is 40.0 Å². The molecular weight excluding hydrogens is 212 g/mol. The minimum Gasteiger partial charge on any atom is -0.311 e. The molecule has 1 N–H and O–H groups in total. The van der Waals surface area contributed by atoms with Crippen LogP contribution in [0.3, 0.4) is 0 Å². The van der Waals surface area contributed by atoms with Crippen molar-refractivity contribution in [2.75, 3.05) is 13.1 Å². The minimum atomic E-state index is 0.613. The standard InChI is InChI=1S/C13H22N4/c1-3-11-9-17(12(4-2)8-16-11)10-13-14-6-5-7-15-13/h5-7,11-12,16H,3-4,8-10H2,1-2H3. The van der Waals surface area contributed by atoms with Crippen LogP contribution in [0.1, 0.15) is 32.5 Å². The maximum atomic E-state index is 4.32. The molecule has 4 nitrogen and oxygen atoms in total. The van der Waals surface area contributed by atoms with Gasteiger partial charge in [0.2, 0.25) is 0 Å². The van der Waals surface area contributed by atoms with Gasteiger partial charge in [0.25, 0.3) is 0 Å². The summed E-state index contributed by atoms with van der Waals surface area (Å²) in [5.41, 5.74) is 0. The van der Waals surface area contributed by atoms with Crippen molar-refractivity contribution in [1.29, 1.82) is 0 Å². The molecule has 0 aliphatic carbocycles. The molecule has 2 heterocycles. The first kappa shape index (κ1) is 12.5. The highest BCUT2D eigenvalue weighted by atomic mass is 15.2. The molecule has 1 aliphatic rings. The Labute approximate surface area is 103 Å². The fourth-order valence-corrected chi connectivity index (χ4v) is 2.39. The number of aromatic nitrogens is 2. The summed E-state index contributed by atoms with van der Waals surface area (Å²) in [7, 11) is 0. The van der Waals surface area contributed by atoms with Gasteiger partial charge in [-0.15, -0.1) is 0 Å². The van der Waals surface area contributed by atoms with Gasteiger partial charge in [-0.1, -0.05) is 13.8 Å². The lowest BCUT2D eigenvalue weighted by Crippen LogP contribution is -2.55. The van der Waals surface area contributed by atoms with Crippen molar-refractivity contribution in [3.05, 3.63) is 24.3 Å². The molecule has 4 heteroatoms. The van der Waals surface area contributed by atoms with Gasteiger partial charge in [-0.3, -0.25) is 4.90 Å². The van der Waals surface area contributed by atoms with Crippen LogP contribution >= 0.6 is 0 Å². The third kappa shape index (κ3) is 3.23. The van der Waals surface area contributed by atoms with Crippen LogP contribution in [0.5, 0.6) is 0 Å². The van der Waals surface area contributed by atoms with E-state index in [0.717, 1.165) is 25.5 Å². The van der Waals surface area contributed by atoms with Crippen LogP contribution < -0.4 is 5.32 Å². The first-order valence-corrected chi connectivity index (χ1v) is 6.56. The minimum absolute atomic E-state index is 0.613. The quantitative estimate of drug-likeness (QED) is 0.856. The second-order valence-electron chi connectivity index (χ2n) is 4.67. The third-order valence-electron chi connectivity index (χ3n) is 3.54. The molecule has 2 atom stereocenters. The third-order valence-corrected chi connectivity index (χ3v) is 3.54. The second kappa shape index (κ2) is 6.07. The summed E-state index contributed by atoms with van der Waals surface area (Å²) in [6.45, 7) is 7.55. The molecule has 0 aromatic carbocycles. The van der Waals surface area contributed by atoms with Crippen molar-refractivity contribution < 1.29 is 0 Å². The number of nitrogens with one attached hydrogen (secondary N) is 1. The number of piperazine rings is 1. The lowest BCUT2D eigenvalue weighted by Gasteiger charge is -2.39. The van der Waals surface area contributed by atoms with E-state index in [9.17, 15) is 0 Å². The Bertz CT molecular complexity index is 327. The highest BCUT2D eigenvalue weighted by Crippen LogP contribution is 2.14. The van der Waals surface area contributed by atoms with E-state index >= 15 is 0 Å². The average Bonchev–Trinajstić information content (AvgIpc) is 2.40. The first-order chi connectivity index (χ1) is 8.33. The highest BCUT2D eigenvalue weighted by molar-refractivity contribution is 4.92. The van der Waals surface area contributed by atoms with Crippen molar-refractivity contribution in [3.8, 4) is 0 Å². The predicted octanol–water partition coefficient (Wildman–Crippen LogP) is 1.44. The molecule has 2 unspecified atom stereocenters. The lowest BCUT2D eigenvalue weighted by atomic mass is 10.1. The van der Waals surface area contributed by atoms with Gasteiger partial charge in [-0.05, 0) is 18.9 Å². The van der Waals surface area contributed by atoms with Gasteiger partial charge in [-0.2, -0.15) is 0 Å². The molecule has 0 radical (unpaired) electrons. The molecule has 1 aromatic heterocycles. The van der Waals surface area contributed by atoms with E-state index in [1.54, 1.807) is 0 Å². The molecule has 1 aliphatic heterocycles. The Morgan fingerprint density at radius 2 is 2.06 bits per heavy atom. The Balaban J connectivity index is 2.00. The topological polar surface area (TPSA) is 41.1 Å². The van der Waals surface area contributed by atoms with Crippen LogP contribution in [-0.2, 0) is 6.54 Å². The van der Waals surface area contributed by atoms with Crippen molar-refractivity contribution in [2.45, 2.75) is 45.3 Å². The number of hydrogen-bond donors (Lipinski definition) is 1. The normalized spacial score (nSPS) is 26.0. The van der Waals surface area contributed by atoms with Gasteiger partial charge in [0.1, 0.15) is 5.82 Å². The summed E-state index contributed by atoms with van der Waals surface area (Å²) in [5.74, 6) is 0.933. The molecule has 0 saturated carbocycles. The predicted molar refractivity (Wildman–Crippen MR) is 68.6 cm³/mol. The molecule has 17 heavy (non-hydrogen) atoms. The van der Waals surface area contributed by atoms with Gasteiger partial charge in [0.05, 0.1) is 6.54 Å². The van der Waals surface area contributed by atoms with E-state index in [1.807, 2.05) is 18.5 Å². The summed E-state index contributed by atoms with van der Waals surface area (Å²) < 4.78 is 0. The molecule has 2 rings (SSSR count). The van der Waals surface area contributed by atoms with E-state index in [-0.39, 0.29) is 0 Å². The van der Waals surface area contributed by atoms with Crippen molar-refractivity contribution in [1.82, 2.24) is 20.2 Å². The molecule has 1 saturated heterocycles. The van der Waals surface area contributed by atoms with E-state index in [0.29, 0.717) is 12.1 Å². The largest absolute Gasteiger partial charge is 0.311 e. The van der Waals surface area contributed by atoms with Crippen LogP contribution in [0, 0.1) is 0 Å². The Hall–Kier alpha value is -1.00. The number of rotatable bonds is 4. The zero-order valence-electron chi connectivity index (χ0n) is 10.8. The molecule has 0 bridgehead atoms. The van der Waals surface area contributed by atoms with E-state index in [2.05, 4.69) is 34.0 Å². The SMILES string of the molecule is CCC1CN(Cc2ncccn2)C(CC)CN1. The Morgan fingerprint density at radius 1 is 1.29 bits per heavy atom. The number of nitrogens with zero attached hydrogens (tertiary/aromatic N) is 3. The first-order valence-electron chi connectivity index (χ1n) is 6.56. The molecule has 94 valence electrons. The van der Waals surface area contributed by atoms with Gasteiger partial charge in [0, 0.05) is 37.6 Å². The van der Waals surface area contributed by atoms with Gasteiger partial charge >= 0.3 is 0 Å². The Morgan fingerprint density at radius 3 is 2.71 bits per heavy atom. The molecular formula is C13H22N4. The van der Waals surface area contributed by atoms with Crippen LogP contribution in [0.25, 0.3) is 0 Å². The van der Waals surface area contributed by atoms with Crippen LogP contribution in [0.15, 0.2) is 18.5 Å². The average molecular weight is 234 g/mol. The van der Waals surface area contributed by atoms with E-state index < -0.39 is 0 Å². The molecule has 1 aromatic rings. The summed E-state index contributed by atoms with van der Waals surface area (Å²) in [4.78, 5) is 11.2. The molecule has 0 spiro atoms. The molecule has 1 fully saturated rings. The lowest BCUT2D eigenvalue weighted by molar-refractivity contribution is 0.114. The number of hydrogen-bond acceptors (Lipinski definition) is 4. The monoisotopic (exact) mass is 234 g/mol. The van der Waals surface area contributed by atoms with Gasteiger partial charge < -0.3 is 5.32 Å². The smallest absolute Gasteiger partial charge is 0.142 e. The summed E-state index contributed by atoms with van der Waals surface area (Å²) in [6, 6.07) is 3.09. The summed E-state index contributed by atoms with van der Waals surface area (Å²) >= 11 is 0. The second-order valence-corrected chi connectivity index (χ2v) is 4.67. The van der Waals surface area contributed by atoms with Crippen molar-refractivity contribution >= 4 is 0 Å². The van der Waals surface area contributed by atoms with Crippen molar-refractivity contribution in [2.24, 2.45) is 0 Å². The van der Waals surface area contributed by atoms with Crippen molar-refractivity contribution in [3.63, 3.8) is 0 Å². The van der Waals surface area contributed by atoms with E-state index in [1.165, 1.54) is 12.8 Å². The highest BCUT2D eigenvalue weighted by Gasteiger charge is 2.26. The fourth-order valence-electron chi connectivity index (χ4n) is 2.39. The fraction of sp³-hybridized carbons (Fsp3) is 0.692. The van der Waals surface area contributed by atoms with Crippen LogP contribution in [0.2, 0.25) is 0 Å².